The highest BCUT2D eigenvalue weighted by Gasteiger charge is 2.26. The lowest BCUT2D eigenvalue weighted by Gasteiger charge is -2.38. The number of amides is 1. The van der Waals surface area contributed by atoms with Crippen LogP contribution in [0.1, 0.15) is 46.0 Å². The highest BCUT2D eigenvalue weighted by molar-refractivity contribution is 6.05. The maximum atomic E-state index is 12.6. The summed E-state index contributed by atoms with van der Waals surface area (Å²) in [4.78, 5) is 12.6. The Morgan fingerprint density at radius 1 is 1.12 bits per heavy atom. The zero-order valence-corrected chi connectivity index (χ0v) is 15.3. The number of rotatable bonds is 6. The van der Waals surface area contributed by atoms with Crippen molar-refractivity contribution in [3.63, 3.8) is 0 Å². The molecular formula is C21H28N2O2. The van der Waals surface area contributed by atoms with Gasteiger partial charge in [0.25, 0.3) is 0 Å². The molecule has 1 aliphatic rings. The van der Waals surface area contributed by atoms with E-state index in [-0.39, 0.29) is 5.91 Å². The van der Waals surface area contributed by atoms with Crippen LogP contribution in [-0.4, -0.2) is 30.6 Å². The first kappa shape index (κ1) is 17.7. The number of hydrogen-bond donors (Lipinski definition) is 0. The lowest BCUT2D eigenvalue weighted by atomic mass is 10.1. The summed E-state index contributed by atoms with van der Waals surface area (Å²) in [6, 6.07) is 12.3. The summed E-state index contributed by atoms with van der Waals surface area (Å²) in [5.74, 6) is 0.839. The third-order valence-corrected chi connectivity index (χ3v) is 4.74. The molecule has 0 aromatic heterocycles. The van der Waals surface area contributed by atoms with E-state index in [1.807, 2.05) is 23.2 Å². The molecule has 0 radical (unpaired) electrons. The zero-order valence-electron chi connectivity index (χ0n) is 15.3. The zero-order chi connectivity index (χ0) is 17.6. The van der Waals surface area contributed by atoms with Gasteiger partial charge in [-0.15, -0.1) is 0 Å². The molecule has 1 amide bonds. The Morgan fingerprint density at radius 2 is 1.88 bits per heavy atom. The highest BCUT2D eigenvalue weighted by atomic mass is 16.5. The van der Waals surface area contributed by atoms with E-state index in [0.29, 0.717) is 6.61 Å². The second-order valence-electron chi connectivity index (χ2n) is 6.68. The Hall–Kier alpha value is -2.07. The van der Waals surface area contributed by atoms with Gasteiger partial charge in [-0.3, -0.25) is 4.79 Å². The van der Waals surface area contributed by atoms with Crippen LogP contribution in [0.15, 0.2) is 36.4 Å². The fourth-order valence-corrected chi connectivity index (χ4v) is 3.47. The molecule has 4 heteroatoms. The van der Waals surface area contributed by atoms with Crippen molar-refractivity contribution in [3.05, 3.63) is 36.4 Å². The van der Waals surface area contributed by atoms with Crippen molar-refractivity contribution in [2.45, 2.75) is 46.0 Å². The molecule has 1 saturated heterocycles. The second-order valence-corrected chi connectivity index (χ2v) is 6.68. The lowest BCUT2D eigenvalue weighted by Crippen LogP contribution is -2.48. The molecule has 0 saturated carbocycles. The predicted molar refractivity (Wildman–Crippen MR) is 103 cm³/mol. The largest absolute Gasteiger partial charge is 0.491 e. The van der Waals surface area contributed by atoms with Gasteiger partial charge in [0.05, 0.1) is 6.61 Å². The van der Waals surface area contributed by atoms with E-state index in [2.05, 4.69) is 30.1 Å². The number of hydrazine groups is 1. The minimum Gasteiger partial charge on any atom is -0.491 e. The summed E-state index contributed by atoms with van der Waals surface area (Å²) in [5, 5.41) is 6.23. The van der Waals surface area contributed by atoms with Crippen molar-refractivity contribution in [1.82, 2.24) is 5.01 Å². The molecule has 1 aliphatic heterocycles. The number of unbranched alkanes of at least 4 members (excludes halogenated alkanes) is 1. The first-order chi connectivity index (χ1) is 12.2. The first-order valence-electron chi connectivity index (χ1n) is 9.42. The van der Waals surface area contributed by atoms with Gasteiger partial charge < -0.3 is 4.74 Å². The Bertz CT molecular complexity index is 723. The average Bonchev–Trinajstić information content (AvgIpc) is 2.64. The lowest BCUT2D eigenvalue weighted by molar-refractivity contribution is -0.119. The van der Waals surface area contributed by atoms with Gasteiger partial charge in [0.2, 0.25) is 5.91 Å². The molecular weight excluding hydrogens is 312 g/mol. The van der Waals surface area contributed by atoms with Crippen LogP contribution in [0.25, 0.3) is 10.8 Å². The highest BCUT2D eigenvalue weighted by Crippen LogP contribution is 2.38. The predicted octanol–water partition coefficient (Wildman–Crippen LogP) is 4.77. The van der Waals surface area contributed by atoms with Gasteiger partial charge in [-0.25, -0.2) is 10.0 Å². The van der Waals surface area contributed by atoms with Crippen LogP contribution in [0.2, 0.25) is 0 Å². The SMILES string of the molecule is CCCCOc1ccc2ccccc2c1N(C(C)=O)N1CCCCC1. The second kappa shape index (κ2) is 8.34. The van der Waals surface area contributed by atoms with E-state index in [9.17, 15) is 4.79 Å². The summed E-state index contributed by atoms with van der Waals surface area (Å²) in [6.07, 6.45) is 5.58. The fourth-order valence-electron chi connectivity index (χ4n) is 3.47. The number of piperidine rings is 1. The van der Waals surface area contributed by atoms with Crippen LogP contribution in [0.3, 0.4) is 0 Å². The van der Waals surface area contributed by atoms with Crippen LogP contribution < -0.4 is 9.75 Å². The van der Waals surface area contributed by atoms with E-state index in [1.54, 1.807) is 6.92 Å². The van der Waals surface area contributed by atoms with Crippen LogP contribution in [0.5, 0.6) is 5.75 Å². The molecule has 0 bridgehead atoms. The third kappa shape index (κ3) is 3.96. The van der Waals surface area contributed by atoms with Gasteiger partial charge >= 0.3 is 0 Å². The maximum absolute atomic E-state index is 12.6. The molecule has 2 aromatic carbocycles. The summed E-state index contributed by atoms with van der Waals surface area (Å²) < 4.78 is 6.09. The Morgan fingerprint density at radius 3 is 2.60 bits per heavy atom. The van der Waals surface area contributed by atoms with Crippen LogP contribution in [-0.2, 0) is 4.79 Å². The third-order valence-electron chi connectivity index (χ3n) is 4.74. The number of anilines is 1. The molecule has 0 N–H and O–H groups in total. The molecule has 1 heterocycles. The molecule has 25 heavy (non-hydrogen) atoms. The molecule has 0 spiro atoms. The molecule has 0 unspecified atom stereocenters. The van der Waals surface area contributed by atoms with E-state index in [1.165, 1.54) is 6.42 Å². The molecule has 134 valence electrons. The number of nitrogens with zero attached hydrogens (tertiary/aromatic N) is 2. The Labute approximate surface area is 150 Å². The average molecular weight is 340 g/mol. The number of benzene rings is 2. The van der Waals surface area contributed by atoms with Crippen LogP contribution >= 0.6 is 0 Å². The Balaban J connectivity index is 2.08. The quantitative estimate of drug-likeness (QED) is 0.710. The van der Waals surface area contributed by atoms with Crippen molar-refractivity contribution >= 4 is 22.4 Å². The molecule has 1 fully saturated rings. The normalized spacial score (nSPS) is 15.3. The summed E-state index contributed by atoms with van der Waals surface area (Å²) in [5.41, 5.74) is 0.892. The summed E-state index contributed by atoms with van der Waals surface area (Å²) >= 11 is 0. The van der Waals surface area contributed by atoms with Gasteiger partial charge in [-0.2, -0.15) is 0 Å². The van der Waals surface area contributed by atoms with Gasteiger partial charge in [0.1, 0.15) is 11.4 Å². The van der Waals surface area contributed by atoms with Crippen molar-refractivity contribution in [3.8, 4) is 5.75 Å². The number of carbonyl (C=O) groups excluding carboxylic acids is 1. The number of ether oxygens (including phenoxy) is 1. The van der Waals surface area contributed by atoms with Crippen LogP contribution in [0, 0.1) is 0 Å². The Kier molecular flexibility index (Phi) is 5.92. The standard InChI is InChI=1S/C21H28N2O2/c1-3-4-16-25-20-13-12-18-10-6-7-11-19(18)21(20)23(17(2)24)22-14-8-5-9-15-22/h6-7,10-13H,3-5,8-9,14-16H2,1-2H3. The van der Waals surface area contributed by atoms with Gasteiger partial charge in [-0.1, -0.05) is 50.1 Å². The van der Waals surface area contributed by atoms with E-state index < -0.39 is 0 Å². The van der Waals surface area contributed by atoms with Gasteiger partial charge in [0.15, 0.2) is 0 Å². The van der Waals surface area contributed by atoms with E-state index in [0.717, 1.165) is 61.0 Å². The monoisotopic (exact) mass is 340 g/mol. The molecule has 2 aromatic rings. The molecule has 4 nitrogen and oxygen atoms in total. The van der Waals surface area contributed by atoms with Crippen molar-refractivity contribution in [2.24, 2.45) is 0 Å². The van der Waals surface area contributed by atoms with E-state index in [4.69, 9.17) is 4.74 Å². The number of fused-ring (bicyclic) bond motifs is 1. The number of hydrogen-bond acceptors (Lipinski definition) is 3. The summed E-state index contributed by atoms with van der Waals surface area (Å²) in [6.45, 7) is 6.30. The molecule has 0 aliphatic carbocycles. The summed E-state index contributed by atoms with van der Waals surface area (Å²) in [7, 11) is 0. The maximum Gasteiger partial charge on any atom is 0.238 e. The number of carbonyl (C=O) groups is 1. The minimum atomic E-state index is 0.0404. The van der Waals surface area contributed by atoms with Gasteiger partial charge in [0, 0.05) is 25.4 Å². The minimum absolute atomic E-state index is 0.0404. The van der Waals surface area contributed by atoms with Gasteiger partial charge in [-0.05, 0) is 30.7 Å². The van der Waals surface area contributed by atoms with E-state index >= 15 is 0 Å². The first-order valence-corrected chi connectivity index (χ1v) is 9.42. The topological polar surface area (TPSA) is 32.8 Å². The van der Waals surface area contributed by atoms with Crippen molar-refractivity contribution in [2.75, 3.05) is 24.7 Å². The molecule has 0 atom stereocenters. The van der Waals surface area contributed by atoms with Crippen molar-refractivity contribution < 1.29 is 9.53 Å². The van der Waals surface area contributed by atoms with Crippen molar-refractivity contribution in [1.29, 1.82) is 0 Å². The smallest absolute Gasteiger partial charge is 0.238 e. The van der Waals surface area contributed by atoms with Crippen LogP contribution in [0.4, 0.5) is 5.69 Å². The molecule has 3 rings (SSSR count). The fraction of sp³-hybridized carbons (Fsp3) is 0.476.